The molecule has 2 aromatic heterocycles. The van der Waals surface area contributed by atoms with E-state index in [0.29, 0.717) is 46.6 Å². The smallest absolute Gasteiger partial charge is 0.258 e. The molecule has 1 N–H and O–H groups in total. The number of aromatic nitrogens is 2. The highest BCUT2D eigenvalue weighted by Crippen LogP contribution is 2.44. The molecule has 1 atom stereocenters. The third-order valence-corrected chi connectivity index (χ3v) is 7.43. The van der Waals surface area contributed by atoms with E-state index in [4.69, 9.17) is 9.72 Å². The molecule has 0 radical (unpaired) electrons. The van der Waals surface area contributed by atoms with Crippen LogP contribution in [-0.4, -0.2) is 14.7 Å². The Kier molecular flexibility index (Phi) is 4.80. The summed E-state index contributed by atoms with van der Waals surface area (Å²) in [4.78, 5) is 18.4. The molecule has 0 unspecified atom stereocenters. The van der Waals surface area contributed by atoms with Gasteiger partial charge in [-0.2, -0.15) is 0 Å². The monoisotopic (exact) mass is 448 g/mol. The lowest BCUT2D eigenvalue weighted by molar-refractivity contribution is -0.0172. The molecule has 0 amide bonds. The average Bonchev–Trinajstić information content (AvgIpc) is 3.14. The van der Waals surface area contributed by atoms with Crippen LogP contribution in [0.2, 0.25) is 0 Å². The van der Waals surface area contributed by atoms with Crippen LogP contribution in [0.25, 0.3) is 22.3 Å². The van der Waals surface area contributed by atoms with E-state index >= 15 is 0 Å². The molecule has 0 fully saturated rings. The van der Waals surface area contributed by atoms with Gasteiger partial charge < -0.3 is 14.4 Å². The highest BCUT2D eigenvalue weighted by atomic mass is 19.1. The third kappa shape index (κ3) is 2.80. The first-order chi connectivity index (χ1) is 15.6. The highest BCUT2D eigenvalue weighted by Gasteiger charge is 2.41. The summed E-state index contributed by atoms with van der Waals surface area (Å²) in [6.45, 7) is 14.3. The molecular formula is C27H29FN2O3. The zero-order chi connectivity index (χ0) is 23.8. The number of pyridine rings is 2. The van der Waals surface area contributed by atoms with Gasteiger partial charge in [-0.05, 0) is 48.4 Å². The Bertz CT molecular complexity index is 1420. The molecule has 1 aromatic carbocycles. The molecule has 5 nitrogen and oxygen atoms in total. The van der Waals surface area contributed by atoms with E-state index in [-0.39, 0.29) is 29.7 Å². The number of nitrogens with zero attached hydrogens (tertiary/aromatic N) is 2. The average molecular weight is 449 g/mol. The van der Waals surface area contributed by atoms with Crippen molar-refractivity contribution in [3.05, 3.63) is 74.0 Å². The molecule has 5 rings (SSSR count). The Morgan fingerprint density at radius 2 is 2.03 bits per heavy atom. The molecule has 0 spiro atoms. The van der Waals surface area contributed by atoms with Gasteiger partial charge in [0.15, 0.2) is 0 Å². The maximum atomic E-state index is 14.9. The van der Waals surface area contributed by atoms with Gasteiger partial charge in [-0.15, -0.1) is 0 Å². The Labute approximate surface area is 192 Å². The maximum Gasteiger partial charge on any atom is 0.258 e. The standard InChI is InChI=1S/C27H29FN2O3/c1-7-16-17-11-30-22(9-19-18(26(30)31)12-33-15(6)27(19,32)8-2)25(17)29-21-10-20(28)14(5)23(13(3)4)24(16)21/h9-10,13,32H,6-8,11-12H2,1-5H3/t27-/m1/s1. The van der Waals surface area contributed by atoms with Crippen LogP contribution in [0, 0.1) is 12.7 Å². The van der Waals surface area contributed by atoms with Crippen LogP contribution >= 0.6 is 0 Å². The van der Waals surface area contributed by atoms with Gasteiger partial charge in [0.2, 0.25) is 0 Å². The summed E-state index contributed by atoms with van der Waals surface area (Å²) in [7, 11) is 0. The molecule has 4 heterocycles. The molecule has 6 heteroatoms. The first-order valence-electron chi connectivity index (χ1n) is 11.6. The van der Waals surface area contributed by atoms with Crippen LogP contribution in [0.1, 0.15) is 73.4 Å². The van der Waals surface area contributed by atoms with Crippen molar-refractivity contribution in [3.8, 4) is 11.4 Å². The second-order valence-corrected chi connectivity index (χ2v) is 9.46. The largest absolute Gasteiger partial charge is 0.490 e. The minimum Gasteiger partial charge on any atom is -0.490 e. The summed E-state index contributed by atoms with van der Waals surface area (Å²) in [5.74, 6) is 0.116. The van der Waals surface area contributed by atoms with Gasteiger partial charge in [0.1, 0.15) is 23.8 Å². The molecule has 2 aliphatic heterocycles. The Morgan fingerprint density at radius 3 is 2.67 bits per heavy atom. The summed E-state index contributed by atoms with van der Waals surface area (Å²) < 4.78 is 22.2. The van der Waals surface area contributed by atoms with Gasteiger partial charge in [-0.3, -0.25) is 4.79 Å². The van der Waals surface area contributed by atoms with Gasteiger partial charge in [-0.25, -0.2) is 9.37 Å². The number of aryl methyl sites for hydroxylation is 1. The lowest BCUT2D eigenvalue weighted by Crippen LogP contribution is -2.38. The number of fused-ring (bicyclic) bond motifs is 5. The van der Waals surface area contributed by atoms with Gasteiger partial charge in [-0.1, -0.05) is 34.3 Å². The Balaban J connectivity index is 1.87. The first-order valence-corrected chi connectivity index (χ1v) is 11.6. The van der Waals surface area contributed by atoms with Crippen LogP contribution in [0.3, 0.4) is 0 Å². The lowest BCUT2D eigenvalue weighted by Gasteiger charge is -2.35. The second kappa shape index (κ2) is 7.26. The van der Waals surface area contributed by atoms with Gasteiger partial charge >= 0.3 is 0 Å². The summed E-state index contributed by atoms with van der Waals surface area (Å²) in [5.41, 5.74) is 5.05. The Hall–Kier alpha value is -2.99. The van der Waals surface area contributed by atoms with Crippen LogP contribution < -0.4 is 5.56 Å². The fourth-order valence-corrected chi connectivity index (χ4v) is 5.66. The number of halogens is 1. The van der Waals surface area contributed by atoms with E-state index in [9.17, 15) is 14.3 Å². The quantitative estimate of drug-likeness (QED) is 0.468. The molecule has 0 bridgehead atoms. The van der Waals surface area contributed by atoms with E-state index in [1.165, 1.54) is 6.07 Å². The summed E-state index contributed by atoms with van der Waals surface area (Å²) in [6, 6.07) is 3.36. The summed E-state index contributed by atoms with van der Waals surface area (Å²) in [5, 5.41) is 12.3. The van der Waals surface area contributed by atoms with Crippen LogP contribution in [0.5, 0.6) is 0 Å². The third-order valence-electron chi connectivity index (χ3n) is 7.43. The number of rotatable bonds is 3. The van der Waals surface area contributed by atoms with E-state index in [1.54, 1.807) is 4.57 Å². The van der Waals surface area contributed by atoms with E-state index in [1.807, 2.05) is 19.9 Å². The zero-order valence-electron chi connectivity index (χ0n) is 19.8. The van der Waals surface area contributed by atoms with Gasteiger partial charge in [0.25, 0.3) is 5.56 Å². The van der Waals surface area contributed by atoms with Crippen molar-refractivity contribution in [1.82, 2.24) is 9.55 Å². The summed E-state index contributed by atoms with van der Waals surface area (Å²) in [6.07, 6.45) is 1.08. The van der Waals surface area contributed by atoms with Crippen molar-refractivity contribution in [2.24, 2.45) is 0 Å². The van der Waals surface area contributed by atoms with Crippen molar-refractivity contribution in [3.63, 3.8) is 0 Å². The van der Waals surface area contributed by atoms with Gasteiger partial charge in [0.05, 0.1) is 29.0 Å². The van der Waals surface area contributed by atoms with E-state index in [0.717, 1.165) is 28.5 Å². The van der Waals surface area contributed by atoms with Crippen molar-refractivity contribution in [2.75, 3.05) is 0 Å². The second-order valence-electron chi connectivity index (χ2n) is 9.46. The van der Waals surface area contributed by atoms with E-state index in [2.05, 4.69) is 27.4 Å². The molecule has 0 saturated carbocycles. The molecule has 172 valence electrons. The minimum atomic E-state index is -1.43. The normalized spacial score (nSPS) is 19.0. The molecule has 0 aliphatic carbocycles. The van der Waals surface area contributed by atoms with Gasteiger partial charge in [0, 0.05) is 22.6 Å². The van der Waals surface area contributed by atoms with Crippen LogP contribution in [0.4, 0.5) is 4.39 Å². The van der Waals surface area contributed by atoms with Crippen molar-refractivity contribution >= 4 is 10.9 Å². The lowest BCUT2D eigenvalue weighted by atomic mass is 9.84. The topological polar surface area (TPSA) is 64.4 Å². The maximum absolute atomic E-state index is 14.9. The van der Waals surface area contributed by atoms with E-state index < -0.39 is 5.60 Å². The van der Waals surface area contributed by atoms with Crippen molar-refractivity contribution in [1.29, 1.82) is 0 Å². The number of aliphatic hydroxyl groups is 1. The fourth-order valence-electron chi connectivity index (χ4n) is 5.66. The molecule has 33 heavy (non-hydrogen) atoms. The molecule has 2 aliphatic rings. The molecule has 0 saturated heterocycles. The molecule has 3 aromatic rings. The number of benzene rings is 1. The van der Waals surface area contributed by atoms with Crippen molar-refractivity contribution < 1.29 is 14.2 Å². The number of hydrogen-bond donors (Lipinski definition) is 1. The number of ether oxygens (including phenoxy) is 1. The zero-order valence-corrected chi connectivity index (χ0v) is 19.8. The number of hydrogen-bond acceptors (Lipinski definition) is 4. The Morgan fingerprint density at radius 1 is 1.30 bits per heavy atom. The predicted octanol–water partition coefficient (Wildman–Crippen LogP) is 5.20. The first kappa shape index (κ1) is 21.8. The van der Waals surface area contributed by atoms with Crippen molar-refractivity contribution in [2.45, 2.75) is 72.1 Å². The SMILES string of the molecule is C=C1OCc2c(cc3n(c2=O)Cc2c-3nc3cc(F)c(C)c(C(C)C)c3c2CC)[C@@]1(O)CC. The summed E-state index contributed by atoms with van der Waals surface area (Å²) >= 11 is 0. The minimum absolute atomic E-state index is 0.0872. The molecular weight excluding hydrogens is 419 g/mol. The predicted molar refractivity (Wildman–Crippen MR) is 127 cm³/mol. The van der Waals surface area contributed by atoms with Crippen LogP contribution in [-0.2, 0) is 29.9 Å². The van der Waals surface area contributed by atoms with Crippen LogP contribution in [0.15, 0.2) is 29.3 Å². The fraction of sp³-hybridized carbons (Fsp3) is 0.407. The highest BCUT2D eigenvalue weighted by molar-refractivity contribution is 5.92.